The van der Waals surface area contributed by atoms with Gasteiger partial charge >= 0.3 is 0 Å². The number of rotatable bonds is 2. The molecule has 0 saturated carbocycles. The number of phenols is 1. The fraction of sp³-hybridized carbons (Fsp3) is 0.300. The van der Waals surface area contributed by atoms with Crippen LogP contribution in [0.4, 0.5) is 0 Å². The molecule has 0 spiro atoms. The fourth-order valence-corrected chi connectivity index (χ4v) is 1.82. The first-order valence-corrected chi connectivity index (χ1v) is 7.53. The summed E-state index contributed by atoms with van der Waals surface area (Å²) in [5, 5.41) is 10.5. The van der Waals surface area contributed by atoms with Gasteiger partial charge in [0.1, 0.15) is 5.75 Å². The molecule has 0 unspecified atom stereocenters. The molecule has 0 radical (unpaired) electrons. The molecular formula is C20H29NO. The van der Waals surface area contributed by atoms with E-state index in [4.69, 9.17) is 0 Å². The van der Waals surface area contributed by atoms with Crippen LogP contribution in [0.25, 0.3) is 10.9 Å². The standard InChI is InChI=1S/C11H13NO.C5H10.C4H6/c1-3-12-8(2)7-9-10(12)5-4-6-11(9)13;1-4-5(2)3;1-3-4-2/h4-7,13H,3H2,1-2H3;4H,1-3H3;3-4H,1-2H2. The number of allylic oxidation sites excluding steroid dienone is 4. The molecule has 0 aliphatic heterocycles. The largest absolute Gasteiger partial charge is 0.507 e. The van der Waals surface area contributed by atoms with Gasteiger partial charge in [-0.2, -0.15) is 0 Å². The third-order valence-corrected chi connectivity index (χ3v) is 3.19. The van der Waals surface area contributed by atoms with Gasteiger partial charge in [0.25, 0.3) is 0 Å². The molecule has 22 heavy (non-hydrogen) atoms. The first-order chi connectivity index (χ1) is 10.4. The highest BCUT2D eigenvalue weighted by Crippen LogP contribution is 2.27. The van der Waals surface area contributed by atoms with E-state index in [0.717, 1.165) is 17.4 Å². The van der Waals surface area contributed by atoms with Crippen molar-refractivity contribution in [1.29, 1.82) is 0 Å². The average Bonchev–Trinajstić information content (AvgIpc) is 2.85. The quantitative estimate of drug-likeness (QED) is 0.533. The van der Waals surface area contributed by atoms with E-state index < -0.39 is 0 Å². The minimum Gasteiger partial charge on any atom is -0.507 e. The van der Waals surface area contributed by atoms with Crippen LogP contribution in [-0.2, 0) is 6.54 Å². The van der Waals surface area contributed by atoms with Gasteiger partial charge in [0.05, 0.1) is 5.52 Å². The molecule has 0 amide bonds. The van der Waals surface area contributed by atoms with Gasteiger partial charge in [-0.15, -0.1) is 0 Å². The number of nitrogens with zero attached hydrogens (tertiary/aromatic N) is 1. The van der Waals surface area contributed by atoms with Crippen molar-refractivity contribution in [2.24, 2.45) is 0 Å². The van der Waals surface area contributed by atoms with Crippen LogP contribution in [0.3, 0.4) is 0 Å². The molecule has 0 aliphatic rings. The molecule has 1 N–H and O–H groups in total. The third-order valence-electron chi connectivity index (χ3n) is 3.19. The zero-order chi connectivity index (χ0) is 17.1. The number of fused-ring (bicyclic) bond motifs is 1. The minimum absolute atomic E-state index is 0.368. The smallest absolute Gasteiger partial charge is 0.124 e. The number of aryl methyl sites for hydroxylation is 2. The molecule has 2 aromatic rings. The first kappa shape index (κ1) is 19.8. The normalized spacial score (nSPS) is 8.95. The van der Waals surface area contributed by atoms with Crippen molar-refractivity contribution in [3.63, 3.8) is 0 Å². The van der Waals surface area contributed by atoms with E-state index in [9.17, 15) is 5.11 Å². The predicted octanol–water partition coefficient (Wildman–Crippen LogP) is 6.01. The lowest BCUT2D eigenvalue weighted by atomic mass is 10.2. The van der Waals surface area contributed by atoms with Gasteiger partial charge in [0.2, 0.25) is 0 Å². The molecule has 1 aromatic heterocycles. The topological polar surface area (TPSA) is 25.2 Å². The van der Waals surface area contributed by atoms with E-state index in [1.807, 2.05) is 25.1 Å². The number of aromatic hydroxyl groups is 1. The summed E-state index contributed by atoms with van der Waals surface area (Å²) in [5.74, 6) is 0.368. The van der Waals surface area contributed by atoms with Crippen molar-refractivity contribution >= 4 is 10.9 Å². The first-order valence-electron chi connectivity index (χ1n) is 7.53. The van der Waals surface area contributed by atoms with Crippen molar-refractivity contribution in [3.8, 4) is 5.75 Å². The maximum Gasteiger partial charge on any atom is 0.124 e. The molecular weight excluding hydrogens is 270 g/mol. The van der Waals surface area contributed by atoms with Crippen LogP contribution < -0.4 is 0 Å². The Kier molecular flexibility index (Phi) is 9.44. The second kappa shape index (κ2) is 10.5. The van der Waals surface area contributed by atoms with Crippen molar-refractivity contribution in [2.45, 2.75) is 41.2 Å². The van der Waals surface area contributed by atoms with Crippen LogP contribution in [0.5, 0.6) is 5.75 Å². The molecule has 0 bridgehead atoms. The zero-order valence-electron chi connectivity index (χ0n) is 14.6. The van der Waals surface area contributed by atoms with E-state index in [2.05, 4.69) is 51.5 Å². The van der Waals surface area contributed by atoms with E-state index in [1.54, 1.807) is 18.2 Å². The maximum absolute atomic E-state index is 9.59. The second-order valence-corrected chi connectivity index (χ2v) is 5.08. The Morgan fingerprint density at radius 1 is 1.23 bits per heavy atom. The monoisotopic (exact) mass is 299 g/mol. The van der Waals surface area contributed by atoms with Crippen LogP contribution in [0.15, 0.2) is 61.2 Å². The summed E-state index contributed by atoms with van der Waals surface area (Å²) in [6.07, 6.45) is 5.36. The highest BCUT2D eigenvalue weighted by molar-refractivity contribution is 5.87. The van der Waals surface area contributed by atoms with Crippen LogP contribution in [0.1, 0.15) is 33.4 Å². The van der Waals surface area contributed by atoms with Gasteiger partial charge < -0.3 is 9.67 Å². The zero-order valence-corrected chi connectivity index (χ0v) is 14.6. The van der Waals surface area contributed by atoms with Crippen molar-refractivity contribution in [2.75, 3.05) is 0 Å². The number of aromatic nitrogens is 1. The van der Waals surface area contributed by atoms with Crippen LogP contribution in [-0.4, -0.2) is 9.67 Å². The molecule has 2 rings (SSSR count). The summed E-state index contributed by atoms with van der Waals surface area (Å²) in [6, 6.07) is 7.66. The lowest BCUT2D eigenvalue weighted by Crippen LogP contribution is -1.94. The van der Waals surface area contributed by atoms with Crippen molar-refractivity contribution in [3.05, 3.63) is 66.9 Å². The van der Waals surface area contributed by atoms with Crippen LogP contribution in [0, 0.1) is 6.92 Å². The van der Waals surface area contributed by atoms with Crippen molar-refractivity contribution in [1.82, 2.24) is 4.57 Å². The highest BCUT2D eigenvalue weighted by atomic mass is 16.3. The summed E-state index contributed by atoms with van der Waals surface area (Å²) < 4.78 is 2.19. The summed E-state index contributed by atoms with van der Waals surface area (Å²) in [4.78, 5) is 0. The number of benzene rings is 1. The average molecular weight is 299 g/mol. The third kappa shape index (κ3) is 6.04. The summed E-state index contributed by atoms with van der Waals surface area (Å²) >= 11 is 0. The Morgan fingerprint density at radius 2 is 1.77 bits per heavy atom. The Balaban J connectivity index is 0.000000411. The Labute approximate surface area is 135 Å². The number of hydrogen-bond donors (Lipinski definition) is 1. The molecule has 0 atom stereocenters. The number of hydrogen-bond acceptors (Lipinski definition) is 1. The molecule has 1 aromatic carbocycles. The summed E-state index contributed by atoms with van der Waals surface area (Å²) in [7, 11) is 0. The minimum atomic E-state index is 0.368. The molecule has 2 nitrogen and oxygen atoms in total. The Bertz CT molecular complexity index is 622. The predicted molar refractivity (Wildman–Crippen MR) is 99.5 cm³/mol. The van der Waals surface area contributed by atoms with Gasteiger partial charge in [0, 0.05) is 17.6 Å². The van der Waals surface area contributed by atoms with E-state index in [1.165, 1.54) is 11.3 Å². The fourth-order valence-electron chi connectivity index (χ4n) is 1.82. The second-order valence-electron chi connectivity index (χ2n) is 5.08. The lowest BCUT2D eigenvalue weighted by Gasteiger charge is -2.03. The molecule has 1 heterocycles. The van der Waals surface area contributed by atoms with Crippen molar-refractivity contribution < 1.29 is 5.11 Å². The van der Waals surface area contributed by atoms with E-state index >= 15 is 0 Å². The van der Waals surface area contributed by atoms with Crippen LogP contribution in [0.2, 0.25) is 0 Å². The molecule has 2 heteroatoms. The van der Waals surface area contributed by atoms with Gasteiger partial charge in [-0.25, -0.2) is 0 Å². The number of phenolic OH excluding ortho intramolecular Hbond substituents is 1. The SMILES string of the molecule is C=CC=C.CC=C(C)C.CCn1c(C)cc2c(O)cccc21. The maximum atomic E-state index is 9.59. The lowest BCUT2D eigenvalue weighted by molar-refractivity contribution is 0.481. The van der Waals surface area contributed by atoms with Gasteiger partial charge in [-0.1, -0.05) is 43.0 Å². The van der Waals surface area contributed by atoms with Gasteiger partial charge in [0.15, 0.2) is 0 Å². The Morgan fingerprint density at radius 3 is 2.18 bits per heavy atom. The summed E-state index contributed by atoms with van der Waals surface area (Å²) in [6.45, 7) is 18.0. The van der Waals surface area contributed by atoms with E-state index in [-0.39, 0.29) is 0 Å². The van der Waals surface area contributed by atoms with Gasteiger partial charge in [-0.05, 0) is 52.8 Å². The molecule has 0 fully saturated rings. The molecule has 0 aliphatic carbocycles. The van der Waals surface area contributed by atoms with Crippen LogP contribution >= 0.6 is 0 Å². The Hall–Kier alpha value is -2.22. The molecule has 120 valence electrons. The molecule has 0 saturated heterocycles. The van der Waals surface area contributed by atoms with E-state index in [0.29, 0.717) is 5.75 Å². The summed E-state index contributed by atoms with van der Waals surface area (Å²) in [5.41, 5.74) is 3.68. The van der Waals surface area contributed by atoms with Gasteiger partial charge in [-0.3, -0.25) is 0 Å². The highest BCUT2D eigenvalue weighted by Gasteiger charge is 2.06.